The number of hydrogen-bond acceptors (Lipinski definition) is 3. The summed E-state index contributed by atoms with van der Waals surface area (Å²) in [5.41, 5.74) is 2.09. The van der Waals surface area contributed by atoms with E-state index in [1.54, 1.807) is 17.1 Å². The lowest BCUT2D eigenvalue weighted by Gasteiger charge is -2.25. The molecular weight excluding hydrogens is 266 g/mol. The Morgan fingerprint density at radius 2 is 2.33 bits per heavy atom. The van der Waals surface area contributed by atoms with E-state index >= 15 is 0 Å². The first kappa shape index (κ1) is 13.6. The van der Waals surface area contributed by atoms with Gasteiger partial charge in [-0.15, -0.1) is 0 Å². The number of nitrogens with zero attached hydrogens (tertiary/aromatic N) is 4. The highest BCUT2D eigenvalue weighted by Crippen LogP contribution is 2.31. The van der Waals surface area contributed by atoms with E-state index < -0.39 is 0 Å². The minimum absolute atomic E-state index is 0.0254. The molecule has 2 aromatic heterocycles. The van der Waals surface area contributed by atoms with Crippen LogP contribution in [0.25, 0.3) is 0 Å². The lowest BCUT2D eigenvalue weighted by atomic mass is 10.1. The van der Waals surface area contributed by atoms with Gasteiger partial charge in [-0.25, -0.2) is 4.79 Å². The Hall–Kier alpha value is -2.37. The number of hydrogen-bond donors (Lipinski definition) is 1. The van der Waals surface area contributed by atoms with Gasteiger partial charge >= 0.3 is 6.03 Å². The zero-order valence-corrected chi connectivity index (χ0v) is 12.1. The van der Waals surface area contributed by atoms with Crippen molar-refractivity contribution in [2.45, 2.75) is 25.4 Å². The maximum atomic E-state index is 12.4. The maximum Gasteiger partial charge on any atom is 0.318 e. The van der Waals surface area contributed by atoms with Crippen LogP contribution in [0.3, 0.4) is 0 Å². The molecule has 6 nitrogen and oxygen atoms in total. The molecule has 0 aromatic carbocycles. The van der Waals surface area contributed by atoms with Crippen molar-refractivity contribution in [2.75, 3.05) is 6.54 Å². The molecule has 1 aliphatic heterocycles. The third-order valence-corrected chi connectivity index (χ3v) is 3.93. The molecule has 2 amide bonds. The summed E-state index contributed by atoms with van der Waals surface area (Å²) in [5, 5.41) is 7.07. The molecule has 0 aliphatic carbocycles. The van der Waals surface area contributed by atoms with E-state index in [4.69, 9.17) is 0 Å². The Bertz CT molecular complexity index is 610. The standard InChI is InChI=1S/C15H19N5O/c1-19-13(6-8-18-19)11-17-15(21)20-9-3-5-14(20)12-4-2-7-16-10-12/h2,4,6-8,10,14H,3,5,9,11H2,1H3,(H,17,21). The smallest absolute Gasteiger partial charge is 0.318 e. The van der Waals surface area contributed by atoms with E-state index in [2.05, 4.69) is 15.4 Å². The van der Waals surface area contributed by atoms with Crippen LogP contribution >= 0.6 is 0 Å². The molecular formula is C15H19N5O. The molecule has 2 aromatic rings. The first-order valence-corrected chi connectivity index (χ1v) is 7.17. The Balaban J connectivity index is 1.65. The molecule has 1 N–H and O–H groups in total. The second-order valence-corrected chi connectivity index (χ2v) is 5.24. The Morgan fingerprint density at radius 3 is 3.05 bits per heavy atom. The van der Waals surface area contributed by atoms with Crippen LogP contribution in [-0.2, 0) is 13.6 Å². The molecule has 21 heavy (non-hydrogen) atoms. The SMILES string of the molecule is Cn1nccc1CNC(=O)N1CCCC1c1cccnc1. The lowest BCUT2D eigenvalue weighted by Crippen LogP contribution is -2.39. The van der Waals surface area contributed by atoms with Crippen LogP contribution in [0.5, 0.6) is 0 Å². The Kier molecular flexibility index (Phi) is 3.85. The van der Waals surface area contributed by atoms with E-state index in [1.807, 2.05) is 36.3 Å². The van der Waals surface area contributed by atoms with Crippen LogP contribution in [0, 0.1) is 0 Å². The number of urea groups is 1. The normalized spacial score (nSPS) is 18.0. The fourth-order valence-electron chi connectivity index (χ4n) is 2.77. The third kappa shape index (κ3) is 2.89. The molecule has 110 valence electrons. The van der Waals surface area contributed by atoms with E-state index in [-0.39, 0.29) is 12.1 Å². The predicted octanol–water partition coefficient (Wildman–Crippen LogP) is 1.86. The average Bonchev–Trinajstić information content (AvgIpc) is 3.15. The van der Waals surface area contributed by atoms with Gasteiger partial charge in [-0.3, -0.25) is 9.67 Å². The molecule has 1 saturated heterocycles. The number of carbonyl (C=O) groups excluding carboxylic acids is 1. The predicted molar refractivity (Wildman–Crippen MR) is 78.4 cm³/mol. The monoisotopic (exact) mass is 285 g/mol. The van der Waals surface area contributed by atoms with Gasteiger partial charge in [0, 0.05) is 32.2 Å². The lowest BCUT2D eigenvalue weighted by molar-refractivity contribution is 0.192. The van der Waals surface area contributed by atoms with Crippen LogP contribution in [0.4, 0.5) is 4.79 Å². The molecule has 3 heterocycles. The highest BCUT2D eigenvalue weighted by molar-refractivity contribution is 5.75. The third-order valence-electron chi connectivity index (χ3n) is 3.93. The molecule has 0 bridgehead atoms. The quantitative estimate of drug-likeness (QED) is 0.936. The summed E-state index contributed by atoms with van der Waals surface area (Å²) in [6.07, 6.45) is 7.35. The van der Waals surface area contributed by atoms with E-state index in [9.17, 15) is 4.79 Å². The number of pyridine rings is 1. The van der Waals surface area contributed by atoms with Gasteiger partial charge in [-0.05, 0) is 30.5 Å². The van der Waals surface area contributed by atoms with Crippen molar-refractivity contribution in [3.63, 3.8) is 0 Å². The highest BCUT2D eigenvalue weighted by atomic mass is 16.2. The van der Waals surface area contributed by atoms with Crippen molar-refractivity contribution >= 4 is 6.03 Å². The number of amides is 2. The topological polar surface area (TPSA) is 63.1 Å². The molecule has 0 radical (unpaired) electrons. The summed E-state index contributed by atoms with van der Waals surface area (Å²) in [7, 11) is 1.87. The highest BCUT2D eigenvalue weighted by Gasteiger charge is 2.29. The van der Waals surface area contributed by atoms with Crippen molar-refractivity contribution in [1.29, 1.82) is 0 Å². The van der Waals surface area contributed by atoms with Gasteiger partial charge in [0.15, 0.2) is 0 Å². The summed E-state index contributed by atoms with van der Waals surface area (Å²) in [5.74, 6) is 0. The van der Waals surface area contributed by atoms with Crippen molar-refractivity contribution < 1.29 is 4.79 Å². The Labute approximate surface area is 123 Å². The van der Waals surface area contributed by atoms with Crippen molar-refractivity contribution in [2.24, 2.45) is 7.05 Å². The van der Waals surface area contributed by atoms with Crippen LogP contribution < -0.4 is 5.32 Å². The zero-order chi connectivity index (χ0) is 14.7. The summed E-state index contributed by atoms with van der Waals surface area (Å²) < 4.78 is 1.77. The van der Waals surface area contributed by atoms with Crippen LogP contribution in [0.2, 0.25) is 0 Å². The maximum absolute atomic E-state index is 12.4. The van der Waals surface area contributed by atoms with Crippen molar-refractivity contribution in [3.8, 4) is 0 Å². The molecule has 1 fully saturated rings. The minimum Gasteiger partial charge on any atom is -0.332 e. The first-order chi connectivity index (χ1) is 10.3. The van der Waals surface area contributed by atoms with Crippen molar-refractivity contribution in [1.82, 2.24) is 25.0 Å². The zero-order valence-electron chi connectivity index (χ0n) is 12.1. The number of likely N-dealkylation sites (tertiary alicyclic amines) is 1. The fourth-order valence-corrected chi connectivity index (χ4v) is 2.77. The molecule has 1 aliphatic rings. The van der Waals surface area contributed by atoms with Crippen LogP contribution in [-0.4, -0.2) is 32.2 Å². The number of aryl methyl sites for hydroxylation is 1. The van der Waals surface area contributed by atoms with E-state index in [0.717, 1.165) is 30.6 Å². The summed E-state index contributed by atoms with van der Waals surface area (Å²) in [6.45, 7) is 1.28. The average molecular weight is 285 g/mol. The number of nitrogens with one attached hydrogen (secondary N) is 1. The van der Waals surface area contributed by atoms with Gasteiger partial charge in [0.2, 0.25) is 0 Å². The van der Waals surface area contributed by atoms with Gasteiger partial charge in [0.25, 0.3) is 0 Å². The molecule has 0 saturated carbocycles. The van der Waals surface area contributed by atoms with Gasteiger partial charge in [-0.1, -0.05) is 6.07 Å². The summed E-state index contributed by atoms with van der Waals surface area (Å²) in [6, 6.07) is 5.96. The molecule has 1 atom stereocenters. The molecule has 0 spiro atoms. The van der Waals surface area contributed by atoms with Gasteiger partial charge < -0.3 is 10.2 Å². The second kappa shape index (κ2) is 5.95. The summed E-state index contributed by atoms with van der Waals surface area (Å²) in [4.78, 5) is 18.4. The van der Waals surface area contributed by atoms with E-state index in [0.29, 0.717) is 6.54 Å². The largest absolute Gasteiger partial charge is 0.332 e. The molecule has 3 rings (SSSR count). The minimum atomic E-state index is -0.0254. The number of rotatable bonds is 3. The van der Waals surface area contributed by atoms with Crippen LogP contribution in [0.15, 0.2) is 36.8 Å². The van der Waals surface area contributed by atoms with Gasteiger partial charge in [0.1, 0.15) is 0 Å². The number of carbonyl (C=O) groups is 1. The second-order valence-electron chi connectivity index (χ2n) is 5.24. The fraction of sp³-hybridized carbons (Fsp3) is 0.400. The van der Waals surface area contributed by atoms with E-state index in [1.165, 1.54) is 0 Å². The van der Waals surface area contributed by atoms with Crippen LogP contribution in [0.1, 0.15) is 30.1 Å². The molecule has 6 heteroatoms. The molecule has 1 unspecified atom stereocenters. The van der Waals surface area contributed by atoms with Crippen molar-refractivity contribution in [3.05, 3.63) is 48.0 Å². The number of aromatic nitrogens is 3. The van der Waals surface area contributed by atoms with Gasteiger partial charge in [0.05, 0.1) is 18.3 Å². The Morgan fingerprint density at radius 1 is 1.43 bits per heavy atom. The van der Waals surface area contributed by atoms with Gasteiger partial charge in [-0.2, -0.15) is 5.10 Å². The first-order valence-electron chi connectivity index (χ1n) is 7.17. The summed E-state index contributed by atoms with van der Waals surface area (Å²) >= 11 is 0.